The normalized spacial score (nSPS) is 11.0. The second-order valence-electron chi connectivity index (χ2n) is 5.58. The fraction of sp³-hybridized carbons (Fsp3) is 0.0588. The van der Waals surface area contributed by atoms with Gasteiger partial charge in [-0.1, -0.05) is 23.4 Å². The smallest absolute Gasteiger partial charge is 0.182 e. The van der Waals surface area contributed by atoms with Gasteiger partial charge in [0.25, 0.3) is 0 Å². The average Bonchev–Trinajstić information content (AvgIpc) is 3.29. The Morgan fingerprint density at radius 3 is 2.69 bits per heavy atom. The van der Waals surface area contributed by atoms with Gasteiger partial charge in [0, 0.05) is 11.6 Å². The Hall–Kier alpha value is -3.75. The molecule has 9 heteroatoms. The van der Waals surface area contributed by atoms with Crippen LogP contribution >= 0.6 is 0 Å². The van der Waals surface area contributed by atoms with Crippen molar-refractivity contribution in [3.05, 3.63) is 60.2 Å². The number of nitrogens with two attached hydrogens (primary N) is 2. The monoisotopic (exact) mass is 351 g/mol. The lowest BCUT2D eigenvalue weighted by atomic mass is 10.2. The van der Waals surface area contributed by atoms with Crippen LogP contribution in [0.3, 0.4) is 0 Å². The number of benzene rings is 1. The highest BCUT2D eigenvalue weighted by Gasteiger charge is 2.17. The van der Waals surface area contributed by atoms with Gasteiger partial charge in [0.1, 0.15) is 23.5 Å². The quantitative estimate of drug-likeness (QED) is 0.578. The first-order chi connectivity index (χ1) is 12.6. The SMILES string of the molecule is Nc1cnc(-c2cc(-c3ccon3)n(Cc3ccccc3F)n2)nc1N. The number of nitrogen functional groups attached to an aromatic ring is 2. The predicted octanol–water partition coefficient (Wildman–Crippen LogP) is 2.35. The first-order valence-corrected chi connectivity index (χ1v) is 7.72. The van der Waals surface area contributed by atoms with Crippen LogP contribution in [0.4, 0.5) is 15.9 Å². The Bertz CT molecular complexity index is 1060. The van der Waals surface area contributed by atoms with Gasteiger partial charge in [-0.3, -0.25) is 4.68 Å². The van der Waals surface area contributed by atoms with Gasteiger partial charge >= 0.3 is 0 Å². The van der Waals surface area contributed by atoms with E-state index in [4.69, 9.17) is 16.0 Å². The third-order valence-corrected chi connectivity index (χ3v) is 3.84. The molecule has 0 spiro atoms. The molecule has 1 aromatic carbocycles. The van der Waals surface area contributed by atoms with Crippen LogP contribution in [0.5, 0.6) is 0 Å². The molecule has 0 unspecified atom stereocenters. The minimum absolute atomic E-state index is 0.168. The Labute approximate surface area is 147 Å². The molecular weight excluding hydrogens is 337 g/mol. The van der Waals surface area contributed by atoms with E-state index in [1.54, 1.807) is 35.0 Å². The van der Waals surface area contributed by atoms with Crippen molar-refractivity contribution in [2.45, 2.75) is 6.54 Å². The van der Waals surface area contributed by atoms with Crippen LogP contribution in [-0.4, -0.2) is 24.9 Å². The highest BCUT2D eigenvalue weighted by Crippen LogP contribution is 2.25. The minimum Gasteiger partial charge on any atom is -0.394 e. The molecule has 8 nitrogen and oxygen atoms in total. The maximum atomic E-state index is 14.0. The molecule has 26 heavy (non-hydrogen) atoms. The van der Waals surface area contributed by atoms with E-state index in [2.05, 4.69) is 20.2 Å². The predicted molar refractivity (Wildman–Crippen MR) is 93.1 cm³/mol. The lowest BCUT2D eigenvalue weighted by Crippen LogP contribution is -2.06. The maximum absolute atomic E-state index is 14.0. The van der Waals surface area contributed by atoms with E-state index in [1.165, 1.54) is 18.5 Å². The molecule has 130 valence electrons. The van der Waals surface area contributed by atoms with E-state index >= 15 is 0 Å². The summed E-state index contributed by atoms with van der Waals surface area (Å²) in [7, 11) is 0. The van der Waals surface area contributed by atoms with Crippen molar-refractivity contribution in [2.24, 2.45) is 0 Å². The van der Waals surface area contributed by atoms with Crippen LogP contribution < -0.4 is 11.5 Å². The number of nitrogens with zero attached hydrogens (tertiary/aromatic N) is 5. The molecule has 0 aliphatic heterocycles. The van der Waals surface area contributed by atoms with E-state index in [9.17, 15) is 4.39 Å². The zero-order valence-electron chi connectivity index (χ0n) is 13.5. The van der Waals surface area contributed by atoms with Gasteiger partial charge in [0.05, 0.1) is 24.1 Å². The molecule has 0 radical (unpaired) electrons. The van der Waals surface area contributed by atoms with Crippen molar-refractivity contribution in [3.63, 3.8) is 0 Å². The van der Waals surface area contributed by atoms with E-state index < -0.39 is 0 Å². The molecule has 3 heterocycles. The summed E-state index contributed by atoms with van der Waals surface area (Å²) >= 11 is 0. The summed E-state index contributed by atoms with van der Waals surface area (Å²) in [6, 6.07) is 9.93. The van der Waals surface area contributed by atoms with Gasteiger partial charge in [0.15, 0.2) is 11.6 Å². The molecule has 0 fully saturated rings. The van der Waals surface area contributed by atoms with Crippen molar-refractivity contribution in [2.75, 3.05) is 11.5 Å². The number of rotatable bonds is 4. The average molecular weight is 351 g/mol. The van der Waals surface area contributed by atoms with Crippen molar-refractivity contribution >= 4 is 11.5 Å². The third-order valence-electron chi connectivity index (χ3n) is 3.84. The number of hydrogen-bond donors (Lipinski definition) is 2. The van der Waals surface area contributed by atoms with Crippen LogP contribution in [0.1, 0.15) is 5.56 Å². The molecular formula is C17H14FN7O. The highest BCUT2D eigenvalue weighted by molar-refractivity contribution is 5.65. The molecule has 4 aromatic rings. The van der Waals surface area contributed by atoms with E-state index in [1.807, 2.05) is 0 Å². The van der Waals surface area contributed by atoms with Gasteiger partial charge in [-0.15, -0.1) is 0 Å². The first kappa shape index (κ1) is 15.8. The lowest BCUT2D eigenvalue weighted by Gasteiger charge is -2.06. The van der Waals surface area contributed by atoms with Crippen LogP contribution in [0, 0.1) is 5.82 Å². The number of aromatic nitrogens is 5. The number of anilines is 2. The Morgan fingerprint density at radius 1 is 1.12 bits per heavy atom. The highest BCUT2D eigenvalue weighted by atomic mass is 19.1. The van der Waals surface area contributed by atoms with E-state index in [0.29, 0.717) is 28.5 Å². The zero-order chi connectivity index (χ0) is 18.1. The molecule has 4 rings (SSSR count). The van der Waals surface area contributed by atoms with Gasteiger partial charge in [-0.2, -0.15) is 5.10 Å². The summed E-state index contributed by atoms with van der Waals surface area (Å²) < 4.78 is 20.6. The van der Waals surface area contributed by atoms with Crippen molar-refractivity contribution in [3.8, 4) is 22.9 Å². The maximum Gasteiger partial charge on any atom is 0.182 e. The number of halogens is 1. The van der Waals surface area contributed by atoms with Crippen LogP contribution in [0.25, 0.3) is 22.9 Å². The van der Waals surface area contributed by atoms with Crippen LogP contribution in [0.2, 0.25) is 0 Å². The lowest BCUT2D eigenvalue weighted by molar-refractivity contribution is 0.421. The topological polar surface area (TPSA) is 122 Å². The minimum atomic E-state index is -0.316. The van der Waals surface area contributed by atoms with Crippen molar-refractivity contribution in [1.29, 1.82) is 0 Å². The van der Waals surface area contributed by atoms with Gasteiger partial charge in [-0.05, 0) is 12.1 Å². The molecule has 0 amide bonds. The van der Waals surface area contributed by atoms with E-state index in [-0.39, 0.29) is 23.9 Å². The summed E-state index contributed by atoms with van der Waals surface area (Å²) in [5.41, 5.74) is 13.8. The zero-order valence-corrected chi connectivity index (χ0v) is 13.5. The summed E-state index contributed by atoms with van der Waals surface area (Å²) in [5.74, 6) is 0.166. The summed E-state index contributed by atoms with van der Waals surface area (Å²) in [4.78, 5) is 8.31. The summed E-state index contributed by atoms with van der Waals surface area (Å²) in [6.45, 7) is 0.208. The third kappa shape index (κ3) is 2.86. The van der Waals surface area contributed by atoms with E-state index in [0.717, 1.165) is 0 Å². The van der Waals surface area contributed by atoms with Gasteiger partial charge in [0.2, 0.25) is 0 Å². The molecule has 3 aromatic heterocycles. The first-order valence-electron chi connectivity index (χ1n) is 7.72. The molecule has 4 N–H and O–H groups in total. The summed E-state index contributed by atoms with van der Waals surface area (Å²) in [6.07, 6.45) is 2.87. The standard InChI is InChI=1S/C17H14FN7O/c18-11-4-2-1-3-10(11)9-25-15(13-5-6-26-24-13)7-14(23-25)17-21-8-12(19)16(20)22-17/h1-8H,9,19H2,(H2,20,21,22). The summed E-state index contributed by atoms with van der Waals surface area (Å²) in [5, 5.41) is 8.43. The molecule has 0 saturated heterocycles. The van der Waals surface area contributed by atoms with Gasteiger partial charge in [-0.25, -0.2) is 14.4 Å². The van der Waals surface area contributed by atoms with Crippen LogP contribution in [-0.2, 0) is 6.54 Å². The molecule has 0 aliphatic rings. The second kappa shape index (κ2) is 6.28. The molecule has 0 atom stereocenters. The Morgan fingerprint density at radius 2 is 1.96 bits per heavy atom. The number of hydrogen-bond acceptors (Lipinski definition) is 7. The van der Waals surface area contributed by atoms with Crippen molar-refractivity contribution < 1.29 is 8.91 Å². The van der Waals surface area contributed by atoms with Gasteiger partial charge < -0.3 is 16.0 Å². The largest absolute Gasteiger partial charge is 0.394 e. The fourth-order valence-corrected chi connectivity index (χ4v) is 2.51. The molecule has 0 aliphatic carbocycles. The molecule has 0 bridgehead atoms. The second-order valence-corrected chi connectivity index (χ2v) is 5.58. The fourth-order valence-electron chi connectivity index (χ4n) is 2.51. The Balaban J connectivity index is 1.80. The van der Waals surface area contributed by atoms with Crippen molar-refractivity contribution in [1.82, 2.24) is 24.9 Å². The molecule has 0 saturated carbocycles. The van der Waals surface area contributed by atoms with Crippen LogP contribution in [0.15, 0.2) is 53.4 Å². The Kier molecular flexibility index (Phi) is 3.81.